The Labute approximate surface area is 186 Å². The first-order valence-electron chi connectivity index (χ1n) is 10.2. The van der Waals surface area contributed by atoms with E-state index < -0.39 is 0 Å². The molecule has 0 aliphatic carbocycles. The Morgan fingerprint density at radius 1 is 1.31 bits per heavy atom. The molecule has 0 bridgehead atoms. The molecule has 2 unspecified atom stereocenters. The molecule has 2 aromatic rings. The Hall–Kier alpha value is -1.56. The summed E-state index contributed by atoms with van der Waals surface area (Å²) in [4.78, 5) is 16.8. The summed E-state index contributed by atoms with van der Waals surface area (Å²) in [6.45, 7) is 5.78. The molecule has 2 N–H and O–H groups in total. The normalized spacial score (nSPS) is 16.9. The molecule has 29 heavy (non-hydrogen) atoms. The molecule has 1 aromatic heterocycles. The molecular weight excluding hydrogens is 407 g/mol. The highest BCUT2D eigenvalue weighted by Crippen LogP contribution is 2.22. The van der Waals surface area contributed by atoms with E-state index in [1.165, 1.54) is 18.4 Å². The summed E-state index contributed by atoms with van der Waals surface area (Å²) >= 11 is 0. The van der Waals surface area contributed by atoms with Crippen LogP contribution in [-0.4, -0.2) is 28.5 Å². The van der Waals surface area contributed by atoms with Crippen LogP contribution in [0.1, 0.15) is 44.0 Å². The number of carbonyl (C=O) groups is 1. The van der Waals surface area contributed by atoms with E-state index >= 15 is 0 Å². The average molecular weight is 441 g/mol. The summed E-state index contributed by atoms with van der Waals surface area (Å²) in [5.74, 6) is 2.10. The van der Waals surface area contributed by atoms with Crippen LogP contribution in [0, 0.1) is 11.8 Å². The van der Waals surface area contributed by atoms with Crippen molar-refractivity contribution in [2.24, 2.45) is 11.8 Å². The van der Waals surface area contributed by atoms with E-state index in [0.717, 1.165) is 38.3 Å². The summed E-state index contributed by atoms with van der Waals surface area (Å²) in [6, 6.07) is 10.5. The maximum absolute atomic E-state index is 12.3. The van der Waals surface area contributed by atoms with Crippen molar-refractivity contribution in [3.05, 3.63) is 54.1 Å². The van der Waals surface area contributed by atoms with Crippen molar-refractivity contribution in [3.8, 4) is 0 Å². The van der Waals surface area contributed by atoms with E-state index in [1.54, 1.807) is 0 Å². The highest BCUT2D eigenvalue weighted by Gasteiger charge is 2.22. The van der Waals surface area contributed by atoms with Crippen molar-refractivity contribution in [1.82, 2.24) is 20.2 Å². The van der Waals surface area contributed by atoms with Gasteiger partial charge in [-0.15, -0.1) is 24.8 Å². The van der Waals surface area contributed by atoms with Gasteiger partial charge in [-0.1, -0.05) is 37.3 Å². The zero-order valence-corrected chi connectivity index (χ0v) is 18.8. The molecule has 1 amide bonds. The number of carbonyl (C=O) groups excluding carboxylic acids is 1. The molecule has 0 radical (unpaired) electrons. The lowest BCUT2D eigenvalue weighted by Crippen LogP contribution is -2.35. The van der Waals surface area contributed by atoms with Crippen LogP contribution in [0.3, 0.4) is 0 Å². The second kappa shape index (κ2) is 13.6. The zero-order chi connectivity index (χ0) is 18.9. The average Bonchev–Trinajstić information content (AvgIpc) is 3.15. The van der Waals surface area contributed by atoms with Crippen LogP contribution in [0.5, 0.6) is 0 Å². The van der Waals surface area contributed by atoms with Gasteiger partial charge in [0.05, 0.1) is 6.54 Å². The van der Waals surface area contributed by atoms with E-state index in [0.29, 0.717) is 24.8 Å². The fourth-order valence-corrected chi connectivity index (χ4v) is 3.88. The van der Waals surface area contributed by atoms with Crippen molar-refractivity contribution in [1.29, 1.82) is 0 Å². The predicted molar refractivity (Wildman–Crippen MR) is 123 cm³/mol. The quantitative estimate of drug-likeness (QED) is 0.619. The number of aromatic nitrogens is 2. The molecule has 1 aliphatic heterocycles. The summed E-state index contributed by atoms with van der Waals surface area (Å²) in [5.41, 5.74) is 1.36. The third kappa shape index (κ3) is 8.37. The minimum Gasteiger partial charge on any atom is -0.349 e. The molecule has 162 valence electrons. The Morgan fingerprint density at radius 3 is 2.83 bits per heavy atom. The molecule has 1 aromatic carbocycles. The van der Waals surface area contributed by atoms with Crippen LogP contribution in [0.2, 0.25) is 0 Å². The number of amides is 1. The largest absolute Gasteiger partial charge is 0.349 e. The number of piperidine rings is 1. The second-order valence-electron chi connectivity index (χ2n) is 7.69. The number of rotatable bonds is 9. The van der Waals surface area contributed by atoms with E-state index in [2.05, 4.69) is 51.4 Å². The summed E-state index contributed by atoms with van der Waals surface area (Å²) < 4.78 is 2.15. The third-order valence-corrected chi connectivity index (χ3v) is 5.60. The molecule has 7 heteroatoms. The zero-order valence-electron chi connectivity index (χ0n) is 17.2. The van der Waals surface area contributed by atoms with Crippen LogP contribution < -0.4 is 10.6 Å². The SMILES string of the molecule is CC(CC(=O)NCc1nccn1CCCc1ccccc1)C1CCCNC1.Cl.Cl. The Balaban J connectivity index is 0.00000210. The van der Waals surface area contributed by atoms with E-state index in [9.17, 15) is 4.79 Å². The number of aryl methyl sites for hydroxylation is 2. The Bertz CT molecular complexity index is 702. The molecule has 1 aliphatic rings. The lowest BCUT2D eigenvalue weighted by atomic mass is 9.85. The van der Waals surface area contributed by atoms with Gasteiger partial charge in [-0.05, 0) is 56.2 Å². The van der Waals surface area contributed by atoms with Gasteiger partial charge >= 0.3 is 0 Å². The first-order chi connectivity index (χ1) is 13.2. The molecule has 2 heterocycles. The highest BCUT2D eigenvalue weighted by atomic mass is 35.5. The van der Waals surface area contributed by atoms with E-state index in [4.69, 9.17) is 0 Å². The van der Waals surface area contributed by atoms with Crippen molar-refractivity contribution >= 4 is 30.7 Å². The number of benzene rings is 1. The number of halogens is 2. The lowest BCUT2D eigenvalue weighted by molar-refractivity contribution is -0.122. The van der Waals surface area contributed by atoms with Crippen LogP contribution in [-0.2, 0) is 24.3 Å². The smallest absolute Gasteiger partial charge is 0.220 e. The fourth-order valence-electron chi connectivity index (χ4n) is 3.88. The van der Waals surface area contributed by atoms with Crippen LogP contribution in [0.15, 0.2) is 42.7 Å². The predicted octanol–water partition coefficient (Wildman–Crippen LogP) is 4.00. The topological polar surface area (TPSA) is 59.0 Å². The van der Waals surface area contributed by atoms with Crippen LogP contribution >= 0.6 is 24.8 Å². The molecule has 1 saturated heterocycles. The number of hydrogen-bond acceptors (Lipinski definition) is 3. The standard InChI is InChI=1S/C22H32N4O.2ClH/c1-18(20-10-5-11-23-16-20)15-22(27)25-17-21-24-12-14-26(21)13-6-9-19-7-3-2-4-8-19;;/h2-4,7-8,12,14,18,20,23H,5-6,9-11,13,15-17H2,1H3,(H,25,27);2*1H. The third-order valence-electron chi connectivity index (χ3n) is 5.60. The molecule has 0 spiro atoms. The Kier molecular flexibility index (Phi) is 12.0. The van der Waals surface area contributed by atoms with Gasteiger partial charge in [-0.25, -0.2) is 4.98 Å². The Morgan fingerprint density at radius 2 is 2.10 bits per heavy atom. The van der Waals surface area contributed by atoms with Crippen molar-refractivity contribution in [2.45, 2.75) is 52.1 Å². The van der Waals surface area contributed by atoms with Crippen LogP contribution in [0.4, 0.5) is 0 Å². The maximum Gasteiger partial charge on any atom is 0.220 e. The monoisotopic (exact) mass is 440 g/mol. The van der Waals surface area contributed by atoms with Gasteiger partial charge in [0, 0.05) is 25.4 Å². The summed E-state index contributed by atoms with van der Waals surface area (Å²) in [7, 11) is 0. The first kappa shape index (κ1) is 25.5. The van der Waals surface area contributed by atoms with Crippen LogP contribution in [0.25, 0.3) is 0 Å². The number of hydrogen-bond donors (Lipinski definition) is 2. The summed E-state index contributed by atoms with van der Waals surface area (Å²) in [5, 5.41) is 6.50. The molecule has 0 saturated carbocycles. The number of nitrogens with one attached hydrogen (secondary N) is 2. The number of nitrogens with zero attached hydrogens (tertiary/aromatic N) is 2. The van der Waals surface area contributed by atoms with Crippen molar-refractivity contribution in [3.63, 3.8) is 0 Å². The maximum atomic E-state index is 12.3. The first-order valence-corrected chi connectivity index (χ1v) is 10.2. The minimum absolute atomic E-state index is 0. The van der Waals surface area contributed by atoms with Gasteiger partial charge in [-0.3, -0.25) is 4.79 Å². The second-order valence-corrected chi connectivity index (χ2v) is 7.69. The van der Waals surface area contributed by atoms with E-state index in [-0.39, 0.29) is 30.7 Å². The van der Waals surface area contributed by atoms with Gasteiger partial charge in [0.1, 0.15) is 5.82 Å². The van der Waals surface area contributed by atoms with Gasteiger partial charge in [0.15, 0.2) is 0 Å². The molecule has 2 atom stereocenters. The molecular formula is C22H34Cl2N4O. The highest BCUT2D eigenvalue weighted by molar-refractivity contribution is 5.85. The number of imidazole rings is 1. The lowest BCUT2D eigenvalue weighted by Gasteiger charge is -2.28. The van der Waals surface area contributed by atoms with Gasteiger partial charge in [0.25, 0.3) is 0 Å². The van der Waals surface area contributed by atoms with Crippen molar-refractivity contribution < 1.29 is 4.79 Å². The molecule has 5 nitrogen and oxygen atoms in total. The minimum atomic E-state index is 0. The van der Waals surface area contributed by atoms with Gasteiger partial charge in [-0.2, -0.15) is 0 Å². The molecule has 3 rings (SSSR count). The molecule has 1 fully saturated rings. The van der Waals surface area contributed by atoms with E-state index in [1.807, 2.05) is 18.5 Å². The van der Waals surface area contributed by atoms with Gasteiger partial charge in [0.2, 0.25) is 5.91 Å². The van der Waals surface area contributed by atoms with Crippen molar-refractivity contribution in [2.75, 3.05) is 13.1 Å². The summed E-state index contributed by atoms with van der Waals surface area (Å²) in [6.07, 6.45) is 8.99. The fraction of sp³-hybridized carbons (Fsp3) is 0.545. The van der Waals surface area contributed by atoms with Gasteiger partial charge < -0.3 is 15.2 Å².